The number of pyridine rings is 1. The van der Waals surface area contributed by atoms with Gasteiger partial charge in [-0.15, -0.1) is 0 Å². The predicted octanol–water partition coefficient (Wildman–Crippen LogP) is 4.43. The van der Waals surface area contributed by atoms with Gasteiger partial charge in [0.25, 0.3) is 0 Å². The van der Waals surface area contributed by atoms with Crippen molar-refractivity contribution in [2.45, 2.75) is 24.2 Å². The highest BCUT2D eigenvalue weighted by Gasteiger charge is 2.21. The van der Waals surface area contributed by atoms with Crippen molar-refractivity contribution < 1.29 is 8.42 Å². The van der Waals surface area contributed by atoms with E-state index in [-0.39, 0.29) is 10.3 Å². The van der Waals surface area contributed by atoms with Crippen LogP contribution in [0.5, 0.6) is 0 Å². The van der Waals surface area contributed by atoms with E-state index >= 15 is 0 Å². The van der Waals surface area contributed by atoms with Gasteiger partial charge < -0.3 is 5.32 Å². The molecule has 0 bridgehead atoms. The molecule has 2 aromatic heterocycles. The highest BCUT2D eigenvalue weighted by molar-refractivity contribution is 7.91. The van der Waals surface area contributed by atoms with E-state index in [1.54, 1.807) is 22.8 Å². The van der Waals surface area contributed by atoms with E-state index in [1.807, 2.05) is 18.2 Å². The van der Waals surface area contributed by atoms with Crippen LogP contribution in [0, 0.1) is 0 Å². The first-order valence-electron chi connectivity index (χ1n) is 7.95. The number of anilines is 1. The number of fused-ring (bicyclic) bond motifs is 1. The lowest BCUT2D eigenvalue weighted by molar-refractivity contribution is 0.557. The summed E-state index contributed by atoms with van der Waals surface area (Å²) in [4.78, 5) is 0.222. The van der Waals surface area contributed by atoms with Crippen molar-refractivity contribution in [2.75, 3.05) is 18.1 Å². The lowest BCUT2D eigenvalue weighted by atomic mass is 9.84. The predicted molar refractivity (Wildman–Crippen MR) is 106 cm³/mol. The van der Waals surface area contributed by atoms with Crippen molar-refractivity contribution in [1.29, 1.82) is 0 Å². The van der Waals surface area contributed by atoms with Gasteiger partial charge in [-0.3, -0.25) is 0 Å². The topological polar surface area (TPSA) is 63.5 Å². The molecule has 3 aromatic rings. The molecule has 0 aliphatic rings. The van der Waals surface area contributed by atoms with Gasteiger partial charge >= 0.3 is 0 Å². The molecule has 2 heterocycles. The lowest BCUT2D eigenvalue weighted by Crippen LogP contribution is -2.27. The molecule has 0 saturated carbocycles. The number of hydrogen-bond acceptors (Lipinski definition) is 4. The summed E-state index contributed by atoms with van der Waals surface area (Å²) in [6, 6.07) is 9.23. The van der Waals surface area contributed by atoms with Crippen molar-refractivity contribution in [1.82, 2.24) is 9.61 Å². The maximum Gasteiger partial charge on any atom is 0.179 e. The highest BCUT2D eigenvalue weighted by Crippen LogP contribution is 2.30. The molecule has 0 aliphatic heterocycles. The molecule has 0 fully saturated rings. The molecule has 0 aliphatic carbocycles. The molecule has 0 spiro atoms. The molecular weight excluding hydrogens is 393 g/mol. The van der Waals surface area contributed by atoms with Gasteiger partial charge in [-0.25, -0.2) is 12.9 Å². The van der Waals surface area contributed by atoms with Gasteiger partial charge in [0.2, 0.25) is 0 Å². The maximum absolute atomic E-state index is 11.8. The monoisotopic (exact) mass is 411 g/mol. The number of halogens is 2. The summed E-state index contributed by atoms with van der Waals surface area (Å²) < 4.78 is 25.1. The summed E-state index contributed by atoms with van der Waals surface area (Å²) in [6.45, 7) is 4.86. The SMILES string of the molecule is CC(C)(CNc1ccc2c(S(C)(=O)=O)cnn2c1)c1ccc(Cl)c(Cl)c1. The molecule has 8 heteroatoms. The third-order valence-electron chi connectivity index (χ3n) is 4.32. The zero-order chi connectivity index (χ0) is 19.1. The van der Waals surface area contributed by atoms with E-state index in [4.69, 9.17) is 23.2 Å². The lowest BCUT2D eigenvalue weighted by Gasteiger charge is -2.26. The Labute approximate surface area is 162 Å². The third kappa shape index (κ3) is 3.82. The first-order valence-corrected chi connectivity index (χ1v) is 10.6. The number of benzene rings is 1. The van der Waals surface area contributed by atoms with Crippen molar-refractivity contribution in [3.63, 3.8) is 0 Å². The van der Waals surface area contributed by atoms with E-state index in [1.165, 1.54) is 12.5 Å². The summed E-state index contributed by atoms with van der Waals surface area (Å²) in [6.07, 6.45) is 4.32. The van der Waals surface area contributed by atoms with Gasteiger partial charge in [0, 0.05) is 18.2 Å². The van der Waals surface area contributed by atoms with E-state index in [2.05, 4.69) is 24.3 Å². The standard InChI is InChI=1S/C18H19Cl2N3O2S/c1-18(2,12-4-6-14(19)15(20)8-12)11-21-13-5-7-16-17(26(3,24)25)9-22-23(16)10-13/h4-10,21H,11H2,1-3H3. The first-order chi connectivity index (χ1) is 12.1. The van der Waals surface area contributed by atoms with Crippen LogP contribution in [0.15, 0.2) is 47.6 Å². The van der Waals surface area contributed by atoms with E-state index < -0.39 is 9.84 Å². The van der Waals surface area contributed by atoms with Crippen molar-refractivity contribution in [3.05, 3.63) is 58.3 Å². The van der Waals surface area contributed by atoms with Gasteiger partial charge in [-0.05, 0) is 29.8 Å². The number of nitrogens with one attached hydrogen (secondary N) is 1. The third-order valence-corrected chi connectivity index (χ3v) is 6.17. The Morgan fingerprint density at radius 3 is 2.54 bits per heavy atom. The number of aromatic nitrogens is 2. The largest absolute Gasteiger partial charge is 0.383 e. The molecule has 26 heavy (non-hydrogen) atoms. The molecule has 1 aromatic carbocycles. The van der Waals surface area contributed by atoms with Crippen LogP contribution in [-0.4, -0.2) is 30.8 Å². The first kappa shape index (κ1) is 19.0. The summed E-state index contributed by atoms with van der Waals surface area (Å²) in [5.74, 6) is 0. The normalized spacial score (nSPS) is 12.5. The van der Waals surface area contributed by atoms with Crippen LogP contribution < -0.4 is 5.32 Å². The fraction of sp³-hybridized carbons (Fsp3) is 0.278. The summed E-state index contributed by atoms with van der Waals surface area (Å²) >= 11 is 12.1. The minimum atomic E-state index is -3.31. The molecule has 0 radical (unpaired) electrons. The summed E-state index contributed by atoms with van der Waals surface area (Å²) in [7, 11) is -3.31. The molecule has 0 amide bonds. The van der Waals surface area contributed by atoms with Gasteiger partial charge in [-0.2, -0.15) is 5.10 Å². The molecule has 1 N–H and O–H groups in total. The average Bonchev–Trinajstić information content (AvgIpc) is 2.99. The second-order valence-electron chi connectivity index (χ2n) is 6.89. The van der Waals surface area contributed by atoms with Crippen LogP contribution in [0.4, 0.5) is 5.69 Å². The minimum absolute atomic E-state index is 0.189. The molecule has 3 rings (SSSR count). The average molecular weight is 412 g/mol. The summed E-state index contributed by atoms with van der Waals surface area (Å²) in [5, 5.41) is 8.57. The van der Waals surface area contributed by atoms with E-state index in [0.717, 1.165) is 11.3 Å². The van der Waals surface area contributed by atoms with Crippen molar-refractivity contribution >= 4 is 44.2 Å². The minimum Gasteiger partial charge on any atom is -0.383 e. The Hall–Kier alpha value is -1.76. The van der Waals surface area contributed by atoms with Crippen LogP contribution in [-0.2, 0) is 15.3 Å². The van der Waals surface area contributed by atoms with E-state index in [9.17, 15) is 8.42 Å². The van der Waals surface area contributed by atoms with Gasteiger partial charge in [0.15, 0.2) is 9.84 Å². The zero-order valence-electron chi connectivity index (χ0n) is 14.6. The molecule has 0 saturated heterocycles. The number of nitrogens with zero attached hydrogens (tertiary/aromatic N) is 2. The quantitative estimate of drug-likeness (QED) is 0.673. The Bertz CT molecular complexity index is 1080. The fourth-order valence-corrected chi connectivity index (χ4v) is 3.77. The van der Waals surface area contributed by atoms with Gasteiger partial charge in [0.1, 0.15) is 4.90 Å². The molecule has 5 nitrogen and oxygen atoms in total. The molecular formula is C18H19Cl2N3O2S. The van der Waals surface area contributed by atoms with Crippen LogP contribution in [0.25, 0.3) is 5.52 Å². The van der Waals surface area contributed by atoms with Crippen LogP contribution >= 0.6 is 23.2 Å². The van der Waals surface area contributed by atoms with Crippen LogP contribution in [0.2, 0.25) is 10.0 Å². The fourth-order valence-electron chi connectivity index (χ4n) is 2.69. The second-order valence-corrected chi connectivity index (χ2v) is 9.69. The molecule has 0 atom stereocenters. The molecule has 138 valence electrons. The number of sulfone groups is 1. The van der Waals surface area contributed by atoms with Crippen LogP contribution in [0.3, 0.4) is 0 Å². The summed E-state index contributed by atoms with van der Waals surface area (Å²) in [5.41, 5.74) is 2.28. The van der Waals surface area contributed by atoms with Crippen LogP contribution in [0.1, 0.15) is 19.4 Å². The Balaban J connectivity index is 1.81. The number of hydrogen-bond donors (Lipinski definition) is 1. The smallest absolute Gasteiger partial charge is 0.179 e. The maximum atomic E-state index is 11.8. The highest BCUT2D eigenvalue weighted by atomic mass is 35.5. The van der Waals surface area contributed by atoms with Crippen molar-refractivity contribution in [2.24, 2.45) is 0 Å². The Morgan fingerprint density at radius 2 is 1.88 bits per heavy atom. The number of rotatable bonds is 5. The molecule has 0 unspecified atom stereocenters. The second kappa shape index (κ2) is 6.76. The van der Waals surface area contributed by atoms with Gasteiger partial charge in [-0.1, -0.05) is 43.1 Å². The zero-order valence-corrected chi connectivity index (χ0v) is 17.0. The Kier molecular flexibility index (Phi) is 4.94. The van der Waals surface area contributed by atoms with E-state index in [0.29, 0.717) is 22.1 Å². The van der Waals surface area contributed by atoms with Crippen molar-refractivity contribution in [3.8, 4) is 0 Å². The van der Waals surface area contributed by atoms with Gasteiger partial charge in [0.05, 0.1) is 33.6 Å². The Morgan fingerprint density at radius 1 is 1.15 bits per heavy atom.